The summed E-state index contributed by atoms with van der Waals surface area (Å²) in [6.45, 7) is 1.97. The molecule has 166 valence electrons. The topological polar surface area (TPSA) is 88.5 Å². The number of pyridine rings is 1. The van der Waals surface area contributed by atoms with Crippen molar-refractivity contribution in [3.63, 3.8) is 0 Å². The van der Waals surface area contributed by atoms with E-state index in [2.05, 4.69) is 25.3 Å². The number of halogens is 3. The summed E-state index contributed by atoms with van der Waals surface area (Å²) >= 11 is 13.0. The average Bonchev–Trinajstić information content (AvgIpc) is 3.29. The maximum absolute atomic E-state index is 14.0. The Bertz CT molecular complexity index is 1540. The van der Waals surface area contributed by atoms with Crippen molar-refractivity contribution >= 4 is 51.0 Å². The van der Waals surface area contributed by atoms with Gasteiger partial charge >= 0.3 is 0 Å². The van der Waals surface area contributed by atoms with E-state index in [1.165, 1.54) is 29.4 Å². The van der Waals surface area contributed by atoms with Gasteiger partial charge in [0.05, 0.1) is 33.5 Å². The van der Waals surface area contributed by atoms with Gasteiger partial charge in [0.1, 0.15) is 17.7 Å². The Morgan fingerprint density at radius 3 is 2.67 bits per heavy atom. The van der Waals surface area contributed by atoms with Gasteiger partial charge in [0.2, 0.25) is 0 Å². The van der Waals surface area contributed by atoms with Crippen LogP contribution in [0, 0.1) is 5.82 Å². The van der Waals surface area contributed by atoms with Crippen LogP contribution in [0.1, 0.15) is 25.1 Å². The molecule has 0 radical (unpaired) electrons. The number of imidazole rings is 1. The fourth-order valence-electron chi connectivity index (χ4n) is 3.91. The molecule has 5 aromatic rings. The predicted molar refractivity (Wildman–Crippen MR) is 128 cm³/mol. The van der Waals surface area contributed by atoms with Crippen LogP contribution in [0.25, 0.3) is 27.6 Å². The lowest BCUT2D eigenvalue weighted by molar-refractivity contribution is 0.629. The number of H-pyrrole nitrogens is 1. The molecule has 1 atom stereocenters. The second-order valence-corrected chi connectivity index (χ2v) is 8.25. The molecule has 0 aliphatic rings. The number of nitrogens with zero attached hydrogens (tertiary/aromatic N) is 4. The first-order valence-corrected chi connectivity index (χ1v) is 10.9. The summed E-state index contributed by atoms with van der Waals surface area (Å²) in [6, 6.07) is 10.6. The van der Waals surface area contributed by atoms with E-state index in [0.29, 0.717) is 50.2 Å². The second-order valence-electron chi connectivity index (χ2n) is 7.44. The molecule has 0 fully saturated rings. The molecule has 2 aromatic carbocycles. The molecule has 0 amide bonds. The summed E-state index contributed by atoms with van der Waals surface area (Å²) in [5.74, 6) is 0.00721. The first kappa shape index (κ1) is 21.4. The summed E-state index contributed by atoms with van der Waals surface area (Å²) in [7, 11) is 0. The normalized spacial score (nSPS) is 12.4. The van der Waals surface area contributed by atoms with E-state index in [9.17, 15) is 9.18 Å². The van der Waals surface area contributed by atoms with Gasteiger partial charge in [0.15, 0.2) is 11.5 Å². The Morgan fingerprint density at radius 2 is 1.91 bits per heavy atom. The van der Waals surface area contributed by atoms with E-state index >= 15 is 0 Å². The molecule has 5 rings (SSSR count). The lowest BCUT2D eigenvalue weighted by Gasteiger charge is -2.24. The van der Waals surface area contributed by atoms with Crippen molar-refractivity contribution in [3.8, 4) is 5.69 Å². The van der Waals surface area contributed by atoms with E-state index in [1.54, 1.807) is 24.3 Å². The largest absolute Gasteiger partial charge is 0.360 e. The number of aromatic amines is 1. The minimum absolute atomic E-state index is 0.223. The Hall–Kier alpha value is -3.49. The highest BCUT2D eigenvalue weighted by molar-refractivity contribution is 6.37. The quantitative estimate of drug-likeness (QED) is 0.337. The van der Waals surface area contributed by atoms with E-state index in [4.69, 9.17) is 23.2 Å². The summed E-state index contributed by atoms with van der Waals surface area (Å²) < 4.78 is 15.4. The molecule has 1 unspecified atom stereocenters. The van der Waals surface area contributed by atoms with Gasteiger partial charge < -0.3 is 10.3 Å². The van der Waals surface area contributed by atoms with Gasteiger partial charge in [-0.25, -0.2) is 19.3 Å². The number of hydrogen-bond donors (Lipinski definition) is 2. The van der Waals surface area contributed by atoms with Gasteiger partial charge in [-0.05, 0) is 42.1 Å². The molecule has 0 saturated carbocycles. The van der Waals surface area contributed by atoms with Crippen LogP contribution in [0.15, 0.2) is 59.9 Å². The van der Waals surface area contributed by atoms with Crippen LogP contribution in [0.3, 0.4) is 0 Å². The van der Waals surface area contributed by atoms with Crippen molar-refractivity contribution in [1.29, 1.82) is 0 Å². The van der Waals surface area contributed by atoms with Gasteiger partial charge in [0, 0.05) is 5.69 Å². The predicted octanol–water partition coefficient (Wildman–Crippen LogP) is 5.67. The highest BCUT2D eigenvalue weighted by Crippen LogP contribution is 2.33. The second kappa shape index (κ2) is 8.46. The fraction of sp³-hybridized carbons (Fsp3) is 0.130. The maximum Gasteiger partial charge on any atom is 0.263 e. The van der Waals surface area contributed by atoms with Crippen LogP contribution < -0.4 is 10.9 Å². The third kappa shape index (κ3) is 3.71. The number of aromatic nitrogens is 5. The van der Waals surface area contributed by atoms with Crippen LogP contribution in [0.4, 0.5) is 10.2 Å². The van der Waals surface area contributed by atoms with Gasteiger partial charge in [-0.1, -0.05) is 42.3 Å². The lowest BCUT2D eigenvalue weighted by atomic mass is 10.0. The zero-order chi connectivity index (χ0) is 23.1. The molecule has 0 aliphatic heterocycles. The molecule has 0 bridgehead atoms. The van der Waals surface area contributed by atoms with E-state index < -0.39 is 11.4 Å². The zero-order valence-corrected chi connectivity index (χ0v) is 18.8. The number of nitrogens with one attached hydrogen (secondary N) is 2. The number of para-hydroxylation sites is 1. The fourth-order valence-corrected chi connectivity index (χ4v) is 4.48. The Morgan fingerprint density at radius 1 is 1.12 bits per heavy atom. The van der Waals surface area contributed by atoms with Crippen molar-refractivity contribution in [1.82, 2.24) is 24.5 Å². The average molecular weight is 483 g/mol. The number of hydrogen-bond acceptors (Lipinski definition) is 5. The van der Waals surface area contributed by atoms with Crippen LogP contribution in [-0.2, 0) is 0 Å². The van der Waals surface area contributed by atoms with Crippen molar-refractivity contribution in [2.24, 2.45) is 0 Å². The third-order valence-corrected chi connectivity index (χ3v) is 6.07. The first-order valence-electron chi connectivity index (χ1n) is 10.2. The summed E-state index contributed by atoms with van der Waals surface area (Å²) in [6.07, 6.45) is 3.55. The first-order chi connectivity index (χ1) is 16.0. The van der Waals surface area contributed by atoms with Crippen LogP contribution >= 0.6 is 23.2 Å². The van der Waals surface area contributed by atoms with Crippen LogP contribution in [0.5, 0.6) is 0 Å². The molecule has 10 heteroatoms. The van der Waals surface area contributed by atoms with Gasteiger partial charge in [-0.15, -0.1) is 0 Å². The monoisotopic (exact) mass is 482 g/mol. The minimum Gasteiger partial charge on any atom is -0.360 e. The molecule has 7 nitrogen and oxygen atoms in total. The molecule has 33 heavy (non-hydrogen) atoms. The summed E-state index contributed by atoms with van der Waals surface area (Å²) in [4.78, 5) is 29.4. The smallest absolute Gasteiger partial charge is 0.263 e. The number of benzene rings is 2. The molecule has 3 heterocycles. The SMILES string of the molecule is CCC(Nc1ncnc2[nH]cnc12)c1cc2ccc(F)cc2c(=O)n1-c1c(Cl)cccc1Cl. The molecule has 3 aromatic heterocycles. The zero-order valence-electron chi connectivity index (χ0n) is 17.3. The lowest BCUT2D eigenvalue weighted by Crippen LogP contribution is -2.27. The minimum atomic E-state index is -0.503. The van der Waals surface area contributed by atoms with Gasteiger partial charge in [-0.3, -0.25) is 9.36 Å². The third-order valence-electron chi connectivity index (χ3n) is 5.46. The molecule has 0 aliphatic carbocycles. The van der Waals surface area contributed by atoms with Gasteiger partial charge in [-0.2, -0.15) is 0 Å². The molecular formula is C23H17Cl2FN6O. The van der Waals surface area contributed by atoms with Crippen LogP contribution in [0.2, 0.25) is 10.0 Å². The molecule has 0 spiro atoms. The van der Waals surface area contributed by atoms with Crippen molar-refractivity contribution in [3.05, 3.63) is 87.0 Å². The van der Waals surface area contributed by atoms with Crippen LogP contribution in [-0.4, -0.2) is 24.5 Å². The van der Waals surface area contributed by atoms with Gasteiger partial charge in [0.25, 0.3) is 5.56 Å². The van der Waals surface area contributed by atoms with E-state index in [0.717, 1.165) is 0 Å². The van der Waals surface area contributed by atoms with E-state index in [1.807, 2.05) is 13.0 Å². The van der Waals surface area contributed by atoms with Crippen molar-refractivity contribution in [2.45, 2.75) is 19.4 Å². The molecule has 2 N–H and O–H groups in total. The highest BCUT2D eigenvalue weighted by Gasteiger charge is 2.23. The number of rotatable bonds is 5. The summed E-state index contributed by atoms with van der Waals surface area (Å²) in [5, 5.41) is 4.80. The number of anilines is 1. The molecular weight excluding hydrogens is 466 g/mol. The standard InChI is InChI=1S/C23H17Cl2FN6O/c1-2-17(31-22-19-21(28-10-27-19)29-11-30-22)18-8-12-6-7-13(26)9-14(12)23(33)32(18)20-15(24)4-3-5-16(20)25/h3-11,17H,2H2,1H3,(H2,27,28,29,30,31). The van der Waals surface area contributed by atoms with E-state index in [-0.39, 0.29) is 11.4 Å². The Labute approximate surface area is 197 Å². The maximum atomic E-state index is 14.0. The number of fused-ring (bicyclic) bond motifs is 2. The Balaban J connectivity index is 1.78. The summed E-state index contributed by atoms with van der Waals surface area (Å²) in [5.41, 5.74) is 1.66. The van der Waals surface area contributed by atoms with Crippen molar-refractivity contribution < 1.29 is 4.39 Å². The molecule has 0 saturated heterocycles. The highest BCUT2D eigenvalue weighted by atomic mass is 35.5. The Kier molecular flexibility index (Phi) is 5.47. The van der Waals surface area contributed by atoms with Crippen molar-refractivity contribution in [2.75, 3.05) is 5.32 Å².